The van der Waals surface area contributed by atoms with Gasteiger partial charge >= 0.3 is 0 Å². The van der Waals surface area contributed by atoms with Crippen molar-refractivity contribution in [3.63, 3.8) is 0 Å². The van der Waals surface area contributed by atoms with Gasteiger partial charge in [-0.1, -0.05) is 24.3 Å². The van der Waals surface area contributed by atoms with Crippen LogP contribution in [0.5, 0.6) is 0 Å². The lowest BCUT2D eigenvalue weighted by Crippen LogP contribution is -2.54. The van der Waals surface area contributed by atoms with Crippen LogP contribution < -0.4 is 5.32 Å². The van der Waals surface area contributed by atoms with Crippen LogP contribution in [0.1, 0.15) is 12.5 Å². The average Bonchev–Trinajstić information content (AvgIpc) is 2.74. The number of sulfonamides is 1. The second-order valence-corrected chi connectivity index (χ2v) is 8.60. The molecule has 7 nitrogen and oxygen atoms in total. The summed E-state index contributed by atoms with van der Waals surface area (Å²) in [5.41, 5.74) is 0.214. The third-order valence-electron chi connectivity index (χ3n) is 4.96. The summed E-state index contributed by atoms with van der Waals surface area (Å²) < 4.78 is 40.8. The fourth-order valence-electron chi connectivity index (χ4n) is 3.22. The molecule has 2 aromatic carbocycles. The highest BCUT2D eigenvalue weighted by Gasteiger charge is 2.33. The van der Waals surface area contributed by atoms with Crippen LogP contribution >= 0.6 is 0 Å². The Balaban J connectivity index is 1.65. The second kappa shape index (κ2) is 8.69. The SMILES string of the molecule is C[C@H](C(=O)Nc1ccccc1F)N1CCN(S(=O)(=O)c2ccccc2C#N)CC1. The van der Waals surface area contributed by atoms with Crippen molar-refractivity contribution in [3.05, 3.63) is 59.9 Å². The summed E-state index contributed by atoms with van der Waals surface area (Å²) >= 11 is 0. The highest BCUT2D eigenvalue weighted by atomic mass is 32.2. The molecule has 152 valence electrons. The molecule has 1 fully saturated rings. The minimum absolute atomic E-state index is 0.0127. The van der Waals surface area contributed by atoms with E-state index >= 15 is 0 Å². The Morgan fingerprint density at radius 3 is 2.38 bits per heavy atom. The van der Waals surface area contributed by atoms with E-state index in [9.17, 15) is 22.9 Å². The van der Waals surface area contributed by atoms with Crippen molar-refractivity contribution in [3.8, 4) is 6.07 Å². The fourth-order valence-corrected chi connectivity index (χ4v) is 4.78. The first kappa shape index (κ1) is 20.9. The van der Waals surface area contributed by atoms with Gasteiger partial charge in [0.15, 0.2) is 0 Å². The Labute approximate surface area is 169 Å². The van der Waals surface area contributed by atoms with Crippen LogP contribution in [-0.4, -0.2) is 55.8 Å². The molecule has 2 aromatic rings. The molecule has 29 heavy (non-hydrogen) atoms. The number of piperazine rings is 1. The van der Waals surface area contributed by atoms with Gasteiger partial charge in [-0.2, -0.15) is 9.57 Å². The number of hydrogen-bond acceptors (Lipinski definition) is 5. The number of carbonyl (C=O) groups is 1. The lowest BCUT2D eigenvalue weighted by molar-refractivity contribution is -0.121. The summed E-state index contributed by atoms with van der Waals surface area (Å²) in [6.07, 6.45) is 0. The largest absolute Gasteiger partial charge is 0.322 e. The van der Waals surface area contributed by atoms with Gasteiger partial charge < -0.3 is 5.32 Å². The van der Waals surface area contributed by atoms with Crippen molar-refractivity contribution in [2.45, 2.75) is 17.9 Å². The summed E-state index contributed by atoms with van der Waals surface area (Å²) in [5, 5.41) is 11.8. The van der Waals surface area contributed by atoms with Gasteiger partial charge in [0, 0.05) is 26.2 Å². The van der Waals surface area contributed by atoms with Crippen LogP contribution in [-0.2, 0) is 14.8 Å². The van der Waals surface area contributed by atoms with Gasteiger partial charge in [-0.15, -0.1) is 0 Å². The van der Waals surface area contributed by atoms with Crippen LogP contribution in [0.2, 0.25) is 0 Å². The van der Waals surface area contributed by atoms with Crippen LogP contribution in [0.4, 0.5) is 10.1 Å². The average molecular weight is 416 g/mol. The topological polar surface area (TPSA) is 93.5 Å². The quantitative estimate of drug-likeness (QED) is 0.805. The van der Waals surface area contributed by atoms with E-state index in [0.717, 1.165) is 0 Å². The van der Waals surface area contributed by atoms with E-state index in [1.54, 1.807) is 31.2 Å². The second-order valence-electron chi connectivity index (χ2n) is 6.69. The van der Waals surface area contributed by atoms with Crippen molar-refractivity contribution in [2.75, 3.05) is 31.5 Å². The fraction of sp³-hybridized carbons (Fsp3) is 0.300. The predicted octanol–water partition coefficient (Wildman–Crippen LogP) is 2.03. The lowest BCUT2D eigenvalue weighted by Gasteiger charge is -2.36. The molecule has 3 rings (SSSR count). The molecule has 1 saturated heterocycles. The molecular weight excluding hydrogens is 395 g/mol. The van der Waals surface area contributed by atoms with Gasteiger partial charge in [0.2, 0.25) is 15.9 Å². The first-order valence-electron chi connectivity index (χ1n) is 9.13. The van der Waals surface area contributed by atoms with E-state index < -0.39 is 21.9 Å². The third-order valence-corrected chi connectivity index (χ3v) is 6.91. The zero-order valence-corrected chi connectivity index (χ0v) is 16.7. The molecule has 9 heteroatoms. The van der Waals surface area contributed by atoms with E-state index in [0.29, 0.717) is 13.1 Å². The Morgan fingerprint density at radius 1 is 1.10 bits per heavy atom. The van der Waals surface area contributed by atoms with Gasteiger partial charge in [0.25, 0.3) is 0 Å². The zero-order chi connectivity index (χ0) is 21.0. The van der Waals surface area contributed by atoms with Crippen LogP contribution in [0, 0.1) is 17.1 Å². The smallest absolute Gasteiger partial charge is 0.244 e. The van der Waals surface area contributed by atoms with E-state index in [1.807, 2.05) is 11.0 Å². The number of benzene rings is 2. The summed E-state index contributed by atoms with van der Waals surface area (Å²) in [4.78, 5) is 14.3. The molecule has 1 aliphatic rings. The van der Waals surface area contributed by atoms with E-state index in [4.69, 9.17) is 0 Å². The van der Waals surface area contributed by atoms with Gasteiger partial charge in [-0.3, -0.25) is 9.69 Å². The molecule has 1 N–H and O–H groups in total. The highest BCUT2D eigenvalue weighted by molar-refractivity contribution is 7.89. The Kier molecular flexibility index (Phi) is 6.27. The zero-order valence-electron chi connectivity index (χ0n) is 15.9. The minimum atomic E-state index is -3.79. The molecule has 1 atom stereocenters. The van der Waals surface area contributed by atoms with Gasteiger partial charge in [0.05, 0.1) is 22.2 Å². The normalized spacial score (nSPS) is 16.7. The number of nitrogens with one attached hydrogen (secondary N) is 1. The molecule has 1 heterocycles. The molecular formula is C20H21FN4O3S. The maximum atomic E-state index is 13.7. The van der Waals surface area contributed by atoms with Crippen molar-refractivity contribution in [1.82, 2.24) is 9.21 Å². The summed E-state index contributed by atoms with van der Waals surface area (Å²) in [7, 11) is -3.79. The summed E-state index contributed by atoms with van der Waals surface area (Å²) in [5.74, 6) is -0.874. The molecule has 0 saturated carbocycles. The maximum absolute atomic E-state index is 13.7. The lowest BCUT2D eigenvalue weighted by atomic mass is 10.2. The molecule has 0 aromatic heterocycles. The van der Waals surface area contributed by atoms with Crippen LogP contribution in [0.3, 0.4) is 0 Å². The van der Waals surface area contributed by atoms with Gasteiger partial charge in [-0.05, 0) is 31.2 Å². The minimum Gasteiger partial charge on any atom is -0.322 e. The van der Waals surface area contributed by atoms with E-state index in [1.165, 1.54) is 28.6 Å². The third kappa shape index (κ3) is 4.45. The molecule has 1 amide bonds. The molecule has 1 aliphatic heterocycles. The van der Waals surface area contributed by atoms with Crippen molar-refractivity contribution >= 4 is 21.6 Å². The van der Waals surface area contributed by atoms with Crippen molar-refractivity contribution < 1.29 is 17.6 Å². The first-order chi connectivity index (χ1) is 13.8. The Hall–Kier alpha value is -2.80. The van der Waals surface area contributed by atoms with Crippen molar-refractivity contribution in [2.24, 2.45) is 0 Å². The molecule has 0 spiro atoms. The first-order valence-corrected chi connectivity index (χ1v) is 10.6. The number of para-hydroxylation sites is 1. The number of anilines is 1. The molecule has 0 aliphatic carbocycles. The van der Waals surface area contributed by atoms with Crippen LogP contribution in [0.15, 0.2) is 53.4 Å². The highest BCUT2D eigenvalue weighted by Crippen LogP contribution is 2.22. The Bertz CT molecular complexity index is 1040. The predicted molar refractivity (Wildman–Crippen MR) is 106 cm³/mol. The number of nitrogens with zero attached hydrogens (tertiary/aromatic N) is 3. The summed E-state index contributed by atoms with van der Waals surface area (Å²) in [6, 6.07) is 13.4. The van der Waals surface area contributed by atoms with E-state index in [2.05, 4.69) is 5.32 Å². The number of amides is 1. The Morgan fingerprint density at radius 2 is 1.72 bits per heavy atom. The van der Waals surface area contributed by atoms with Gasteiger partial charge in [-0.25, -0.2) is 12.8 Å². The standard InChI is InChI=1S/C20H21FN4O3S/c1-15(20(26)23-18-8-4-3-7-17(18)21)24-10-12-25(13-11-24)29(27,28)19-9-5-2-6-16(19)14-22/h2-9,15H,10-13H2,1H3,(H,23,26)/t15-/m1/s1. The number of halogens is 1. The monoisotopic (exact) mass is 416 g/mol. The van der Waals surface area contributed by atoms with E-state index in [-0.39, 0.29) is 35.1 Å². The van der Waals surface area contributed by atoms with Gasteiger partial charge in [0.1, 0.15) is 11.9 Å². The molecule has 0 radical (unpaired) electrons. The number of carbonyl (C=O) groups excluding carboxylic acids is 1. The molecule has 0 unspecified atom stereocenters. The number of rotatable bonds is 5. The van der Waals surface area contributed by atoms with Crippen LogP contribution in [0.25, 0.3) is 0 Å². The molecule has 0 bridgehead atoms. The summed E-state index contributed by atoms with van der Waals surface area (Å²) in [6.45, 7) is 2.78. The van der Waals surface area contributed by atoms with Crippen molar-refractivity contribution in [1.29, 1.82) is 5.26 Å². The number of nitriles is 1. The number of hydrogen-bond donors (Lipinski definition) is 1. The maximum Gasteiger partial charge on any atom is 0.244 e.